The Labute approximate surface area is 118 Å². The second-order valence-electron chi connectivity index (χ2n) is 5.75. The number of aryl methyl sites for hydroxylation is 1. The molecule has 0 aliphatic carbocycles. The molecule has 106 valence electrons. The summed E-state index contributed by atoms with van der Waals surface area (Å²) in [6, 6.07) is 7.80. The van der Waals surface area contributed by atoms with E-state index >= 15 is 0 Å². The van der Waals surface area contributed by atoms with E-state index in [0.717, 1.165) is 11.3 Å². The number of amides is 1. The third-order valence-corrected chi connectivity index (χ3v) is 2.90. The summed E-state index contributed by atoms with van der Waals surface area (Å²) in [5.74, 6) is 0.707. The zero-order valence-corrected chi connectivity index (χ0v) is 12.2. The van der Waals surface area contributed by atoms with E-state index in [1.165, 1.54) is 0 Å². The molecular formula is C15H19N3O2. The summed E-state index contributed by atoms with van der Waals surface area (Å²) in [5.41, 5.74) is 1.88. The van der Waals surface area contributed by atoms with Crippen LogP contribution in [0.25, 0.3) is 0 Å². The van der Waals surface area contributed by atoms with Gasteiger partial charge in [-0.3, -0.25) is 4.79 Å². The molecule has 1 N–H and O–H groups in total. The van der Waals surface area contributed by atoms with Gasteiger partial charge < -0.3 is 9.84 Å². The molecule has 1 aromatic carbocycles. The Kier molecular flexibility index (Phi) is 3.88. The molecule has 0 aliphatic heterocycles. The van der Waals surface area contributed by atoms with Crippen LogP contribution in [-0.2, 0) is 16.6 Å². The lowest BCUT2D eigenvalue weighted by atomic mass is 9.86. The smallest absolute Gasteiger partial charge is 0.232 e. The highest BCUT2D eigenvalue weighted by Gasteiger charge is 2.19. The van der Waals surface area contributed by atoms with Crippen LogP contribution >= 0.6 is 0 Å². The van der Waals surface area contributed by atoms with Crippen molar-refractivity contribution in [3.8, 4) is 0 Å². The first-order chi connectivity index (χ1) is 9.36. The van der Waals surface area contributed by atoms with Crippen molar-refractivity contribution >= 4 is 11.6 Å². The standard InChI is InChI=1S/C15H19N3O2/c1-10-16-13(18-20-10)9-14(19)17-12-8-6-5-7-11(12)15(2,3)4/h5-8H,9H2,1-4H3,(H,17,19). The van der Waals surface area contributed by atoms with E-state index in [0.29, 0.717) is 11.7 Å². The van der Waals surface area contributed by atoms with Crippen LogP contribution in [-0.4, -0.2) is 16.0 Å². The Bertz CT molecular complexity index is 612. The van der Waals surface area contributed by atoms with Crippen molar-refractivity contribution in [3.05, 3.63) is 41.5 Å². The van der Waals surface area contributed by atoms with Crippen LogP contribution < -0.4 is 5.32 Å². The van der Waals surface area contributed by atoms with Crippen molar-refractivity contribution in [1.29, 1.82) is 0 Å². The quantitative estimate of drug-likeness (QED) is 0.933. The van der Waals surface area contributed by atoms with Gasteiger partial charge in [-0.1, -0.05) is 44.1 Å². The summed E-state index contributed by atoms with van der Waals surface area (Å²) in [7, 11) is 0. The number of para-hydroxylation sites is 1. The minimum atomic E-state index is -0.150. The monoisotopic (exact) mass is 273 g/mol. The van der Waals surface area contributed by atoms with E-state index in [9.17, 15) is 4.79 Å². The van der Waals surface area contributed by atoms with Crippen molar-refractivity contribution in [2.45, 2.75) is 39.5 Å². The maximum Gasteiger partial charge on any atom is 0.232 e. The predicted molar refractivity (Wildman–Crippen MR) is 76.5 cm³/mol. The number of carbonyl (C=O) groups is 1. The number of hydrogen-bond donors (Lipinski definition) is 1. The highest BCUT2D eigenvalue weighted by Crippen LogP contribution is 2.29. The Morgan fingerprint density at radius 2 is 2.00 bits per heavy atom. The SMILES string of the molecule is Cc1nc(CC(=O)Nc2ccccc2C(C)(C)C)no1. The molecule has 5 heteroatoms. The molecule has 0 spiro atoms. The normalized spacial score (nSPS) is 11.4. The van der Waals surface area contributed by atoms with Gasteiger partial charge >= 0.3 is 0 Å². The van der Waals surface area contributed by atoms with Gasteiger partial charge in [0.1, 0.15) is 0 Å². The Balaban J connectivity index is 2.12. The number of benzene rings is 1. The maximum absolute atomic E-state index is 12.0. The Hall–Kier alpha value is -2.17. The lowest BCUT2D eigenvalue weighted by molar-refractivity contribution is -0.115. The average Bonchev–Trinajstić information content (AvgIpc) is 2.73. The van der Waals surface area contributed by atoms with E-state index in [1.54, 1.807) is 6.92 Å². The van der Waals surface area contributed by atoms with E-state index in [2.05, 4.69) is 36.2 Å². The number of nitrogens with zero attached hydrogens (tertiary/aromatic N) is 2. The van der Waals surface area contributed by atoms with Crippen LogP contribution in [0.2, 0.25) is 0 Å². The lowest BCUT2D eigenvalue weighted by Gasteiger charge is -2.22. The van der Waals surface area contributed by atoms with Crippen LogP contribution in [0.1, 0.15) is 38.0 Å². The second-order valence-corrected chi connectivity index (χ2v) is 5.75. The van der Waals surface area contributed by atoms with Gasteiger partial charge in [-0.15, -0.1) is 0 Å². The fourth-order valence-corrected chi connectivity index (χ4v) is 2.00. The van der Waals surface area contributed by atoms with Gasteiger partial charge in [-0.2, -0.15) is 4.98 Å². The minimum Gasteiger partial charge on any atom is -0.340 e. The summed E-state index contributed by atoms with van der Waals surface area (Å²) in [6.45, 7) is 8.03. The third kappa shape index (κ3) is 3.44. The van der Waals surface area contributed by atoms with Crippen molar-refractivity contribution in [1.82, 2.24) is 10.1 Å². The molecule has 0 saturated carbocycles. The molecule has 0 bridgehead atoms. The molecule has 1 amide bonds. The van der Waals surface area contributed by atoms with Crippen LogP contribution in [0.5, 0.6) is 0 Å². The van der Waals surface area contributed by atoms with Crippen molar-refractivity contribution in [2.24, 2.45) is 0 Å². The van der Waals surface area contributed by atoms with E-state index in [1.807, 2.05) is 24.3 Å². The molecular weight excluding hydrogens is 254 g/mol. The predicted octanol–water partition coefficient (Wildman–Crippen LogP) is 2.86. The number of carbonyl (C=O) groups excluding carboxylic acids is 1. The molecule has 0 radical (unpaired) electrons. The van der Waals surface area contributed by atoms with E-state index in [4.69, 9.17) is 4.52 Å². The lowest BCUT2D eigenvalue weighted by Crippen LogP contribution is -2.20. The average molecular weight is 273 g/mol. The summed E-state index contributed by atoms with van der Waals surface area (Å²) >= 11 is 0. The van der Waals surface area contributed by atoms with Crippen LogP contribution in [0, 0.1) is 6.92 Å². The molecule has 2 rings (SSSR count). The first-order valence-corrected chi connectivity index (χ1v) is 6.55. The molecule has 20 heavy (non-hydrogen) atoms. The number of aromatic nitrogens is 2. The van der Waals surface area contributed by atoms with Crippen LogP contribution in [0.3, 0.4) is 0 Å². The molecule has 5 nitrogen and oxygen atoms in total. The fourth-order valence-electron chi connectivity index (χ4n) is 2.00. The molecule has 0 fully saturated rings. The molecule has 0 unspecified atom stereocenters. The molecule has 0 aliphatic rings. The van der Waals surface area contributed by atoms with Crippen molar-refractivity contribution in [3.63, 3.8) is 0 Å². The third-order valence-electron chi connectivity index (χ3n) is 2.90. The van der Waals surface area contributed by atoms with Crippen molar-refractivity contribution in [2.75, 3.05) is 5.32 Å². The van der Waals surface area contributed by atoms with Crippen molar-refractivity contribution < 1.29 is 9.32 Å². The summed E-state index contributed by atoms with van der Waals surface area (Å²) in [4.78, 5) is 16.1. The molecule has 0 saturated heterocycles. The number of nitrogens with one attached hydrogen (secondary N) is 1. The van der Waals surface area contributed by atoms with Gasteiger partial charge in [0.2, 0.25) is 11.8 Å². The minimum absolute atomic E-state index is 0.0351. The highest BCUT2D eigenvalue weighted by atomic mass is 16.5. The number of hydrogen-bond acceptors (Lipinski definition) is 4. The summed E-state index contributed by atoms with van der Waals surface area (Å²) in [6.07, 6.45) is 0.107. The first-order valence-electron chi connectivity index (χ1n) is 6.55. The van der Waals surface area contributed by atoms with Gasteiger partial charge in [0, 0.05) is 12.6 Å². The fraction of sp³-hybridized carbons (Fsp3) is 0.400. The second kappa shape index (κ2) is 5.45. The topological polar surface area (TPSA) is 68.0 Å². The zero-order chi connectivity index (χ0) is 14.8. The van der Waals surface area contributed by atoms with Crippen LogP contribution in [0.15, 0.2) is 28.8 Å². The summed E-state index contributed by atoms with van der Waals surface area (Å²) in [5, 5.41) is 6.64. The van der Waals surface area contributed by atoms with E-state index in [-0.39, 0.29) is 17.7 Å². The number of anilines is 1. The number of rotatable bonds is 3. The van der Waals surface area contributed by atoms with E-state index < -0.39 is 0 Å². The molecule has 1 aromatic heterocycles. The Morgan fingerprint density at radius 1 is 1.30 bits per heavy atom. The summed E-state index contributed by atoms with van der Waals surface area (Å²) < 4.78 is 4.85. The maximum atomic E-state index is 12.0. The molecule has 1 heterocycles. The zero-order valence-electron chi connectivity index (χ0n) is 12.2. The van der Waals surface area contributed by atoms with Gasteiger partial charge in [0.15, 0.2) is 5.82 Å². The van der Waals surface area contributed by atoms with Gasteiger partial charge in [0.05, 0.1) is 6.42 Å². The largest absolute Gasteiger partial charge is 0.340 e. The van der Waals surface area contributed by atoms with Crippen LogP contribution in [0.4, 0.5) is 5.69 Å². The Morgan fingerprint density at radius 3 is 2.60 bits per heavy atom. The van der Waals surface area contributed by atoms with Gasteiger partial charge in [-0.05, 0) is 17.0 Å². The molecule has 0 atom stereocenters. The van der Waals surface area contributed by atoms with Gasteiger partial charge in [-0.25, -0.2) is 0 Å². The first kappa shape index (κ1) is 14.2. The molecule has 2 aromatic rings. The van der Waals surface area contributed by atoms with Gasteiger partial charge in [0.25, 0.3) is 0 Å². The highest BCUT2D eigenvalue weighted by molar-refractivity contribution is 5.92.